The van der Waals surface area contributed by atoms with Crippen LogP contribution in [-0.2, 0) is 7.05 Å². The molecule has 2 aromatic rings. The Morgan fingerprint density at radius 2 is 2.18 bits per heavy atom. The van der Waals surface area contributed by atoms with Gasteiger partial charge in [-0.1, -0.05) is 23.2 Å². The average Bonchev–Trinajstić information content (AvgIpc) is 2.58. The average molecular weight is 270 g/mol. The highest BCUT2D eigenvalue weighted by Gasteiger charge is 2.11. The Hall–Kier alpha value is -1.52. The minimum absolute atomic E-state index is 0.248. The molecule has 17 heavy (non-hydrogen) atoms. The first-order chi connectivity index (χ1) is 8.06. The molecule has 0 fully saturated rings. The van der Waals surface area contributed by atoms with Gasteiger partial charge in [-0.05, 0) is 18.2 Å². The smallest absolute Gasteiger partial charge is 0.272 e. The lowest BCUT2D eigenvalue weighted by atomic mass is 10.3. The van der Waals surface area contributed by atoms with Gasteiger partial charge in [0.1, 0.15) is 10.8 Å². The number of aryl methyl sites for hydroxylation is 1. The molecule has 0 saturated carbocycles. The number of hydrogen-bond donors (Lipinski definition) is 1. The van der Waals surface area contributed by atoms with E-state index in [9.17, 15) is 4.79 Å². The van der Waals surface area contributed by atoms with Gasteiger partial charge in [-0.2, -0.15) is 0 Å². The maximum absolute atomic E-state index is 11.9. The molecular formula is C11H9Cl2N3O. The summed E-state index contributed by atoms with van der Waals surface area (Å²) in [5.74, 6) is -0.248. The van der Waals surface area contributed by atoms with Gasteiger partial charge >= 0.3 is 0 Å². The van der Waals surface area contributed by atoms with Crippen molar-refractivity contribution >= 4 is 34.8 Å². The summed E-state index contributed by atoms with van der Waals surface area (Å²) in [5, 5.41) is 3.56. The zero-order valence-electron chi connectivity index (χ0n) is 8.95. The van der Waals surface area contributed by atoms with Crippen molar-refractivity contribution in [2.24, 2.45) is 7.05 Å². The van der Waals surface area contributed by atoms with Crippen molar-refractivity contribution in [2.75, 3.05) is 5.32 Å². The Morgan fingerprint density at radius 3 is 2.76 bits per heavy atom. The normalized spacial score (nSPS) is 10.3. The van der Waals surface area contributed by atoms with E-state index in [1.54, 1.807) is 36.0 Å². The van der Waals surface area contributed by atoms with Crippen LogP contribution >= 0.6 is 23.2 Å². The molecule has 2 aromatic heterocycles. The van der Waals surface area contributed by atoms with E-state index in [-0.39, 0.29) is 5.91 Å². The van der Waals surface area contributed by atoms with Crippen LogP contribution in [0.2, 0.25) is 10.2 Å². The molecule has 0 spiro atoms. The summed E-state index contributed by atoms with van der Waals surface area (Å²) in [6.07, 6.45) is 3.19. The summed E-state index contributed by atoms with van der Waals surface area (Å²) < 4.78 is 1.65. The lowest BCUT2D eigenvalue weighted by molar-refractivity contribution is 0.101. The molecule has 1 amide bonds. The largest absolute Gasteiger partial charge is 0.345 e. The van der Waals surface area contributed by atoms with Gasteiger partial charge < -0.3 is 9.88 Å². The Balaban J connectivity index is 2.20. The van der Waals surface area contributed by atoms with E-state index in [2.05, 4.69) is 10.3 Å². The molecule has 2 heterocycles. The molecule has 0 atom stereocenters. The predicted octanol–water partition coefficient (Wildman–Crippen LogP) is 2.98. The lowest BCUT2D eigenvalue weighted by Gasteiger charge is -2.05. The fraction of sp³-hybridized carbons (Fsp3) is 0.0909. The SMILES string of the molecule is Cn1cc(Cl)cc1C(=O)Nc1ccnc(Cl)c1. The molecule has 0 aromatic carbocycles. The summed E-state index contributed by atoms with van der Waals surface area (Å²) in [6.45, 7) is 0. The van der Waals surface area contributed by atoms with Gasteiger partial charge in [-0.3, -0.25) is 4.79 Å². The Kier molecular flexibility index (Phi) is 3.36. The molecule has 2 rings (SSSR count). The van der Waals surface area contributed by atoms with Gasteiger partial charge in [0.15, 0.2) is 0 Å². The Morgan fingerprint density at radius 1 is 1.41 bits per heavy atom. The summed E-state index contributed by atoms with van der Waals surface area (Å²) in [4.78, 5) is 15.7. The molecule has 0 unspecified atom stereocenters. The zero-order valence-corrected chi connectivity index (χ0v) is 10.5. The van der Waals surface area contributed by atoms with Gasteiger partial charge in [0.25, 0.3) is 5.91 Å². The number of carbonyl (C=O) groups is 1. The van der Waals surface area contributed by atoms with E-state index < -0.39 is 0 Å². The first-order valence-corrected chi connectivity index (χ1v) is 5.56. The fourth-order valence-electron chi connectivity index (χ4n) is 1.43. The number of nitrogens with one attached hydrogen (secondary N) is 1. The Labute approximate surface area is 108 Å². The van der Waals surface area contributed by atoms with Crippen LogP contribution in [0.25, 0.3) is 0 Å². The first kappa shape index (κ1) is 12.0. The van der Waals surface area contributed by atoms with Gasteiger partial charge in [-0.25, -0.2) is 4.98 Å². The summed E-state index contributed by atoms with van der Waals surface area (Å²) in [7, 11) is 1.75. The third-order valence-electron chi connectivity index (χ3n) is 2.19. The van der Waals surface area contributed by atoms with E-state index in [4.69, 9.17) is 23.2 Å². The molecule has 0 radical (unpaired) electrons. The molecule has 0 bridgehead atoms. The summed E-state index contributed by atoms with van der Waals surface area (Å²) >= 11 is 11.5. The number of nitrogens with zero attached hydrogens (tertiary/aromatic N) is 2. The molecular weight excluding hydrogens is 261 g/mol. The van der Waals surface area contributed by atoms with Crippen LogP contribution in [-0.4, -0.2) is 15.5 Å². The van der Waals surface area contributed by atoms with Crippen LogP contribution < -0.4 is 5.32 Å². The second-order valence-corrected chi connectivity index (χ2v) is 4.30. The van der Waals surface area contributed by atoms with Crippen molar-refractivity contribution in [2.45, 2.75) is 0 Å². The molecule has 88 valence electrons. The standard InChI is InChI=1S/C11H9Cl2N3O/c1-16-6-7(12)4-9(16)11(17)15-8-2-3-14-10(13)5-8/h2-6H,1H3,(H,14,15,17). The molecule has 0 aliphatic rings. The van der Waals surface area contributed by atoms with Crippen molar-refractivity contribution < 1.29 is 4.79 Å². The van der Waals surface area contributed by atoms with Crippen molar-refractivity contribution in [1.29, 1.82) is 0 Å². The minimum Gasteiger partial charge on any atom is -0.345 e. The predicted molar refractivity (Wildman–Crippen MR) is 67.6 cm³/mol. The quantitative estimate of drug-likeness (QED) is 0.853. The molecule has 1 N–H and O–H groups in total. The topological polar surface area (TPSA) is 46.9 Å². The number of carbonyl (C=O) groups excluding carboxylic acids is 1. The monoisotopic (exact) mass is 269 g/mol. The number of pyridine rings is 1. The van der Waals surface area contributed by atoms with E-state index in [1.807, 2.05) is 0 Å². The second kappa shape index (κ2) is 4.77. The van der Waals surface area contributed by atoms with Crippen LogP contribution in [0.4, 0.5) is 5.69 Å². The van der Waals surface area contributed by atoms with Crippen molar-refractivity contribution in [3.8, 4) is 0 Å². The zero-order chi connectivity index (χ0) is 12.4. The van der Waals surface area contributed by atoms with Gasteiger partial charge in [0.2, 0.25) is 0 Å². The number of amides is 1. The highest BCUT2D eigenvalue weighted by Crippen LogP contribution is 2.16. The molecule has 4 nitrogen and oxygen atoms in total. The van der Waals surface area contributed by atoms with Crippen LogP contribution in [0, 0.1) is 0 Å². The van der Waals surface area contributed by atoms with Gasteiger partial charge in [-0.15, -0.1) is 0 Å². The lowest BCUT2D eigenvalue weighted by Crippen LogP contribution is -2.15. The molecule has 0 aliphatic heterocycles. The summed E-state index contributed by atoms with van der Waals surface area (Å²) in [5.41, 5.74) is 1.07. The van der Waals surface area contributed by atoms with Gasteiger partial charge in [0.05, 0.1) is 5.02 Å². The second-order valence-electron chi connectivity index (χ2n) is 3.48. The maximum Gasteiger partial charge on any atom is 0.272 e. The first-order valence-electron chi connectivity index (χ1n) is 4.81. The van der Waals surface area contributed by atoms with E-state index in [0.29, 0.717) is 21.6 Å². The van der Waals surface area contributed by atoms with Gasteiger partial charge in [0, 0.05) is 25.1 Å². The minimum atomic E-state index is -0.248. The van der Waals surface area contributed by atoms with E-state index in [0.717, 1.165) is 0 Å². The van der Waals surface area contributed by atoms with Crippen molar-refractivity contribution in [3.63, 3.8) is 0 Å². The fourth-order valence-corrected chi connectivity index (χ4v) is 1.85. The number of halogens is 2. The van der Waals surface area contributed by atoms with Crippen molar-refractivity contribution in [3.05, 3.63) is 46.5 Å². The van der Waals surface area contributed by atoms with Crippen LogP contribution in [0.1, 0.15) is 10.5 Å². The van der Waals surface area contributed by atoms with E-state index >= 15 is 0 Å². The number of aromatic nitrogens is 2. The number of hydrogen-bond acceptors (Lipinski definition) is 2. The highest BCUT2D eigenvalue weighted by atomic mass is 35.5. The Bertz CT molecular complexity index is 566. The molecule has 6 heteroatoms. The summed E-state index contributed by atoms with van der Waals surface area (Å²) in [6, 6.07) is 4.83. The number of rotatable bonds is 2. The highest BCUT2D eigenvalue weighted by molar-refractivity contribution is 6.31. The number of anilines is 1. The van der Waals surface area contributed by atoms with Crippen LogP contribution in [0.3, 0.4) is 0 Å². The third-order valence-corrected chi connectivity index (χ3v) is 2.60. The molecule has 0 saturated heterocycles. The van der Waals surface area contributed by atoms with Crippen LogP contribution in [0.5, 0.6) is 0 Å². The molecule has 0 aliphatic carbocycles. The van der Waals surface area contributed by atoms with E-state index in [1.165, 1.54) is 6.20 Å². The third kappa shape index (κ3) is 2.78. The van der Waals surface area contributed by atoms with Crippen molar-refractivity contribution in [1.82, 2.24) is 9.55 Å². The van der Waals surface area contributed by atoms with Crippen LogP contribution in [0.15, 0.2) is 30.6 Å². The maximum atomic E-state index is 11.9.